The monoisotopic (exact) mass is 422 g/mol. The van der Waals surface area contributed by atoms with E-state index in [0.29, 0.717) is 48.9 Å². The minimum absolute atomic E-state index is 0.337. The number of thioether (sulfide) groups is 1. The second kappa shape index (κ2) is 8.14. The Labute approximate surface area is 170 Å². The van der Waals surface area contributed by atoms with Crippen molar-refractivity contribution in [2.45, 2.75) is 54.5 Å². The zero-order chi connectivity index (χ0) is 19.7. The zero-order valence-electron chi connectivity index (χ0n) is 16.2. The first-order valence-electron chi connectivity index (χ1n) is 9.71. The van der Waals surface area contributed by atoms with Crippen LogP contribution in [0.2, 0.25) is 0 Å². The van der Waals surface area contributed by atoms with E-state index in [-0.39, 0.29) is 0 Å². The normalized spacial score (nSPS) is 18.7. The number of benzene rings is 1. The van der Waals surface area contributed by atoms with E-state index < -0.39 is 10.0 Å². The van der Waals surface area contributed by atoms with Crippen molar-refractivity contribution in [3.8, 4) is 0 Å². The topological polar surface area (TPSA) is 77.3 Å². The van der Waals surface area contributed by atoms with Gasteiger partial charge in [0, 0.05) is 30.8 Å². The minimum Gasteiger partial charge on any atom is -0.379 e. The van der Waals surface area contributed by atoms with E-state index >= 15 is 0 Å². The number of ether oxygens (including phenoxy) is 1. The highest BCUT2D eigenvalue weighted by Crippen LogP contribution is 2.40. The SMILES string of the molecule is CC(C)c1nnc(SCc2cccc(S(=O)(=O)N3CCOCC3)c2)n1C1CC1. The van der Waals surface area contributed by atoms with Gasteiger partial charge in [0.2, 0.25) is 10.0 Å². The van der Waals surface area contributed by atoms with Crippen LogP contribution >= 0.6 is 11.8 Å². The summed E-state index contributed by atoms with van der Waals surface area (Å²) in [5.41, 5.74) is 0.968. The fraction of sp³-hybridized carbons (Fsp3) is 0.579. The van der Waals surface area contributed by atoms with Crippen LogP contribution in [0.3, 0.4) is 0 Å². The van der Waals surface area contributed by atoms with Crippen LogP contribution in [0.5, 0.6) is 0 Å². The molecule has 152 valence electrons. The van der Waals surface area contributed by atoms with Crippen molar-refractivity contribution >= 4 is 21.8 Å². The molecule has 1 aliphatic heterocycles. The average Bonchev–Trinajstić information content (AvgIpc) is 3.45. The van der Waals surface area contributed by atoms with Gasteiger partial charge in [-0.05, 0) is 30.5 Å². The van der Waals surface area contributed by atoms with Gasteiger partial charge in [0.05, 0.1) is 18.1 Å². The van der Waals surface area contributed by atoms with E-state index in [9.17, 15) is 8.42 Å². The first kappa shape index (κ1) is 19.9. The molecule has 28 heavy (non-hydrogen) atoms. The van der Waals surface area contributed by atoms with Crippen LogP contribution in [-0.4, -0.2) is 53.8 Å². The Kier molecular flexibility index (Phi) is 5.78. The van der Waals surface area contributed by atoms with Crippen LogP contribution in [0, 0.1) is 0 Å². The fourth-order valence-electron chi connectivity index (χ4n) is 3.34. The van der Waals surface area contributed by atoms with Gasteiger partial charge in [0.1, 0.15) is 5.82 Å². The summed E-state index contributed by atoms with van der Waals surface area (Å²) in [5, 5.41) is 9.70. The summed E-state index contributed by atoms with van der Waals surface area (Å²) < 4.78 is 34.8. The molecule has 0 spiro atoms. The Balaban J connectivity index is 1.50. The third-order valence-corrected chi connectivity index (χ3v) is 7.90. The van der Waals surface area contributed by atoms with Gasteiger partial charge in [0.15, 0.2) is 5.16 Å². The van der Waals surface area contributed by atoms with Crippen molar-refractivity contribution in [3.63, 3.8) is 0 Å². The van der Waals surface area contributed by atoms with Crippen molar-refractivity contribution in [2.75, 3.05) is 26.3 Å². The standard InChI is InChI=1S/C19H26N4O3S2/c1-14(2)18-20-21-19(23(18)16-6-7-16)27-13-15-4-3-5-17(12-15)28(24,25)22-8-10-26-11-9-22/h3-5,12,14,16H,6-11,13H2,1-2H3. The molecule has 0 radical (unpaired) electrons. The second-order valence-corrected chi connectivity index (χ2v) is 10.4. The maximum absolute atomic E-state index is 12.9. The lowest BCUT2D eigenvalue weighted by molar-refractivity contribution is 0.0730. The molecular weight excluding hydrogens is 396 g/mol. The van der Waals surface area contributed by atoms with E-state index in [4.69, 9.17) is 4.74 Å². The lowest BCUT2D eigenvalue weighted by Gasteiger charge is -2.26. The Morgan fingerprint density at radius 1 is 1.21 bits per heavy atom. The largest absolute Gasteiger partial charge is 0.379 e. The molecule has 4 rings (SSSR count). The van der Waals surface area contributed by atoms with Crippen molar-refractivity contribution in [2.24, 2.45) is 0 Å². The number of hydrogen-bond donors (Lipinski definition) is 0. The van der Waals surface area contributed by atoms with E-state index in [2.05, 4.69) is 28.6 Å². The maximum Gasteiger partial charge on any atom is 0.243 e. The minimum atomic E-state index is -3.48. The third-order valence-electron chi connectivity index (χ3n) is 4.99. The predicted octanol–water partition coefficient (Wildman–Crippen LogP) is 3.05. The summed E-state index contributed by atoms with van der Waals surface area (Å²) in [6.45, 7) is 5.98. The highest BCUT2D eigenvalue weighted by molar-refractivity contribution is 7.98. The van der Waals surface area contributed by atoms with Crippen LogP contribution in [0.25, 0.3) is 0 Å². The molecule has 9 heteroatoms. The van der Waals surface area contributed by atoms with Gasteiger partial charge in [-0.3, -0.25) is 0 Å². The lowest BCUT2D eigenvalue weighted by Crippen LogP contribution is -2.40. The van der Waals surface area contributed by atoms with Crippen LogP contribution < -0.4 is 0 Å². The number of hydrogen-bond acceptors (Lipinski definition) is 6. The summed E-state index contributed by atoms with van der Waals surface area (Å²) in [4.78, 5) is 0.346. The molecule has 0 amide bonds. The molecule has 7 nitrogen and oxygen atoms in total. The third kappa shape index (κ3) is 4.12. The van der Waals surface area contributed by atoms with Crippen molar-refractivity contribution in [3.05, 3.63) is 35.7 Å². The van der Waals surface area contributed by atoms with Crippen molar-refractivity contribution < 1.29 is 13.2 Å². The molecule has 1 aliphatic carbocycles. The maximum atomic E-state index is 12.9. The van der Waals surface area contributed by atoms with E-state index in [1.807, 2.05) is 12.1 Å². The van der Waals surface area contributed by atoms with Crippen LogP contribution in [-0.2, 0) is 20.5 Å². The van der Waals surface area contributed by atoms with Crippen molar-refractivity contribution in [1.29, 1.82) is 0 Å². The molecule has 0 atom stereocenters. The molecule has 1 saturated heterocycles. The first-order valence-corrected chi connectivity index (χ1v) is 12.1. The molecule has 2 aromatic rings. The molecular formula is C19H26N4O3S2. The molecule has 0 N–H and O–H groups in total. The quantitative estimate of drug-likeness (QED) is 0.638. The van der Waals surface area contributed by atoms with Gasteiger partial charge < -0.3 is 9.30 Å². The van der Waals surface area contributed by atoms with Gasteiger partial charge >= 0.3 is 0 Å². The number of nitrogens with zero attached hydrogens (tertiary/aromatic N) is 4. The van der Waals surface area contributed by atoms with Gasteiger partial charge in [-0.25, -0.2) is 8.42 Å². The Morgan fingerprint density at radius 3 is 2.64 bits per heavy atom. The van der Waals surface area contributed by atoms with E-state index in [1.54, 1.807) is 23.9 Å². The summed E-state index contributed by atoms with van der Waals surface area (Å²) >= 11 is 1.62. The molecule has 0 bridgehead atoms. The lowest BCUT2D eigenvalue weighted by atomic mass is 10.2. The molecule has 2 heterocycles. The fourth-order valence-corrected chi connectivity index (χ4v) is 5.77. The Bertz CT molecular complexity index is 932. The van der Waals surface area contributed by atoms with Crippen LogP contribution in [0.15, 0.2) is 34.3 Å². The predicted molar refractivity (Wildman–Crippen MR) is 108 cm³/mol. The van der Waals surface area contributed by atoms with E-state index in [1.165, 1.54) is 17.1 Å². The highest BCUT2D eigenvalue weighted by Gasteiger charge is 2.30. The molecule has 2 aliphatic rings. The van der Waals surface area contributed by atoms with Gasteiger partial charge in [-0.2, -0.15) is 4.31 Å². The Morgan fingerprint density at radius 2 is 1.96 bits per heavy atom. The van der Waals surface area contributed by atoms with Crippen LogP contribution in [0.1, 0.15) is 50.0 Å². The van der Waals surface area contributed by atoms with E-state index in [0.717, 1.165) is 16.5 Å². The van der Waals surface area contributed by atoms with Gasteiger partial charge in [0.25, 0.3) is 0 Å². The number of morpholine rings is 1. The average molecular weight is 423 g/mol. The summed E-state index contributed by atoms with van der Waals surface area (Å²) in [6.07, 6.45) is 2.36. The molecule has 1 saturated carbocycles. The van der Waals surface area contributed by atoms with Crippen molar-refractivity contribution in [1.82, 2.24) is 19.1 Å². The summed E-state index contributed by atoms with van der Waals surface area (Å²) in [5.74, 6) is 2.04. The van der Waals surface area contributed by atoms with Crippen LogP contribution in [0.4, 0.5) is 0 Å². The molecule has 0 unspecified atom stereocenters. The molecule has 1 aromatic heterocycles. The molecule has 2 fully saturated rings. The Hall–Kier alpha value is -1.42. The van der Waals surface area contributed by atoms with Gasteiger partial charge in [-0.15, -0.1) is 10.2 Å². The second-order valence-electron chi connectivity index (χ2n) is 7.55. The smallest absolute Gasteiger partial charge is 0.243 e. The number of aromatic nitrogens is 3. The highest BCUT2D eigenvalue weighted by atomic mass is 32.2. The summed E-state index contributed by atoms with van der Waals surface area (Å²) in [6, 6.07) is 7.74. The summed E-state index contributed by atoms with van der Waals surface area (Å²) in [7, 11) is -3.48. The number of rotatable bonds is 7. The zero-order valence-corrected chi connectivity index (χ0v) is 17.9. The first-order chi connectivity index (χ1) is 13.5. The van der Waals surface area contributed by atoms with Gasteiger partial charge in [-0.1, -0.05) is 37.7 Å². The molecule has 1 aromatic carbocycles. The number of sulfonamides is 1.